The standard InChI is InChI=1S/C8H10N4/c1-12-5-7(10-11-12)4-8(6-9)2-3-8/h5H,2-4H2,1H3. The summed E-state index contributed by atoms with van der Waals surface area (Å²) >= 11 is 0. The monoisotopic (exact) mass is 162 g/mol. The fraction of sp³-hybridized carbons (Fsp3) is 0.625. The Morgan fingerprint density at radius 1 is 1.75 bits per heavy atom. The highest BCUT2D eigenvalue weighted by Crippen LogP contribution is 2.47. The van der Waals surface area contributed by atoms with Crippen molar-refractivity contribution in [2.45, 2.75) is 19.3 Å². The predicted molar refractivity (Wildman–Crippen MR) is 42.0 cm³/mol. The van der Waals surface area contributed by atoms with E-state index in [9.17, 15) is 0 Å². The summed E-state index contributed by atoms with van der Waals surface area (Å²) in [7, 11) is 1.84. The van der Waals surface area contributed by atoms with Gasteiger partial charge in [-0.25, -0.2) is 0 Å². The Bertz CT molecular complexity index is 329. The lowest BCUT2D eigenvalue weighted by Crippen LogP contribution is -2.01. The highest BCUT2D eigenvalue weighted by molar-refractivity contribution is 5.15. The summed E-state index contributed by atoms with van der Waals surface area (Å²) in [6, 6.07) is 2.33. The van der Waals surface area contributed by atoms with Crippen molar-refractivity contribution in [2.24, 2.45) is 12.5 Å². The van der Waals surface area contributed by atoms with Crippen molar-refractivity contribution in [1.82, 2.24) is 15.0 Å². The Hall–Kier alpha value is -1.37. The van der Waals surface area contributed by atoms with E-state index in [1.165, 1.54) is 0 Å². The molecule has 0 spiro atoms. The maximum Gasteiger partial charge on any atom is 0.0842 e. The summed E-state index contributed by atoms with van der Waals surface area (Å²) in [4.78, 5) is 0. The molecule has 4 heteroatoms. The van der Waals surface area contributed by atoms with Crippen LogP contribution in [0.1, 0.15) is 18.5 Å². The summed E-state index contributed by atoms with van der Waals surface area (Å²) in [6.45, 7) is 0. The normalized spacial score (nSPS) is 18.7. The second-order valence-electron chi connectivity index (χ2n) is 3.45. The summed E-state index contributed by atoms with van der Waals surface area (Å²) in [5.41, 5.74) is 0.826. The van der Waals surface area contributed by atoms with Gasteiger partial charge in [0.2, 0.25) is 0 Å². The molecule has 12 heavy (non-hydrogen) atoms. The molecule has 0 N–H and O–H groups in total. The molecule has 0 radical (unpaired) electrons. The quantitative estimate of drug-likeness (QED) is 0.642. The first kappa shape index (κ1) is 7.29. The van der Waals surface area contributed by atoms with Gasteiger partial charge in [0.05, 0.1) is 17.2 Å². The molecule has 4 nitrogen and oxygen atoms in total. The molecule has 0 atom stereocenters. The predicted octanol–water partition coefficient (Wildman–Crippen LogP) is 0.661. The summed E-state index contributed by atoms with van der Waals surface area (Å²) < 4.78 is 1.67. The van der Waals surface area contributed by atoms with Gasteiger partial charge in [-0.2, -0.15) is 5.26 Å². The molecule has 0 aliphatic heterocycles. The number of aromatic nitrogens is 3. The van der Waals surface area contributed by atoms with Gasteiger partial charge in [-0.1, -0.05) is 5.21 Å². The van der Waals surface area contributed by atoms with Gasteiger partial charge in [0.15, 0.2) is 0 Å². The van der Waals surface area contributed by atoms with Crippen molar-refractivity contribution >= 4 is 0 Å². The average Bonchev–Trinajstić information content (AvgIpc) is 2.71. The highest BCUT2D eigenvalue weighted by atomic mass is 15.4. The van der Waals surface area contributed by atoms with Crippen LogP contribution in [0.2, 0.25) is 0 Å². The molecule has 1 aromatic rings. The van der Waals surface area contributed by atoms with Gasteiger partial charge in [-0.15, -0.1) is 5.10 Å². The lowest BCUT2D eigenvalue weighted by Gasteiger charge is -1.98. The van der Waals surface area contributed by atoms with Gasteiger partial charge in [0, 0.05) is 19.7 Å². The highest BCUT2D eigenvalue weighted by Gasteiger charge is 2.43. The van der Waals surface area contributed by atoms with E-state index in [0.717, 1.165) is 25.0 Å². The second kappa shape index (κ2) is 2.31. The van der Waals surface area contributed by atoms with E-state index >= 15 is 0 Å². The molecule has 1 heterocycles. The number of nitriles is 1. The molecule has 0 unspecified atom stereocenters. The average molecular weight is 162 g/mol. The maximum absolute atomic E-state index is 8.82. The molecular formula is C8H10N4. The smallest absolute Gasteiger partial charge is 0.0842 e. The number of hydrogen-bond donors (Lipinski definition) is 0. The van der Waals surface area contributed by atoms with E-state index in [1.54, 1.807) is 4.68 Å². The van der Waals surface area contributed by atoms with Crippen LogP contribution in [0.15, 0.2) is 6.20 Å². The molecule has 0 bridgehead atoms. The number of rotatable bonds is 2. The Balaban J connectivity index is 2.10. The Kier molecular flexibility index (Phi) is 1.40. The van der Waals surface area contributed by atoms with Crippen LogP contribution in [0.5, 0.6) is 0 Å². The third-order valence-electron chi connectivity index (χ3n) is 2.26. The van der Waals surface area contributed by atoms with Gasteiger partial charge >= 0.3 is 0 Å². The third kappa shape index (κ3) is 1.18. The molecule has 1 saturated carbocycles. The van der Waals surface area contributed by atoms with Crippen LogP contribution < -0.4 is 0 Å². The van der Waals surface area contributed by atoms with Crippen LogP contribution in [0.4, 0.5) is 0 Å². The Labute approximate surface area is 70.8 Å². The van der Waals surface area contributed by atoms with Gasteiger partial charge in [-0.3, -0.25) is 4.68 Å². The number of nitrogens with zero attached hydrogens (tertiary/aromatic N) is 4. The van der Waals surface area contributed by atoms with E-state index in [2.05, 4.69) is 16.4 Å². The van der Waals surface area contributed by atoms with Crippen LogP contribution in [0, 0.1) is 16.7 Å². The summed E-state index contributed by atoms with van der Waals surface area (Å²) in [5.74, 6) is 0. The molecule has 1 aliphatic carbocycles. The molecule has 1 fully saturated rings. The molecule has 2 rings (SSSR count). The van der Waals surface area contributed by atoms with E-state index < -0.39 is 0 Å². The molecule has 62 valence electrons. The van der Waals surface area contributed by atoms with Gasteiger partial charge in [0.25, 0.3) is 0 Å². The van der Waals surface area contributed by atoms with Gasteiger partial charge in [0.1, 0.15) is 0 Å². The number of aryl methyl sites for hydroxylation is 1. The summed E-state index contributed by atoms with van der Waals surface area (Å²) in [6.07, 6.45) is 4.66. The minimum absolute atomic E-state index is 0.101. The molecule has 0 aromatic carbocycles. The molecular weight excluding hydrogens is 152 g/mol. The lowest BCUT2D eigenvalue weighted by molar-refractivity contribution is 0.647. The molecule has 1 aromatic heterocycles. The van der Waals surface area contributed by atoms with Crippen molar-refractivity contribution < 1.29 is 0 Å². The second-order valence-corrected chi connectivity index (χ2v) is 3.45. The van der Waals surface area contributed by atoms with Crippen LogP contribution in [-0.4, -0.2) is 15.0 Å². The zero-order chi connectivity index (χ0) is 8.60. The minimum atomic E-state index is -0.101. The van der Waals surface area contributed by atoms with Crippen LogP contribution in [0.3, 0.4) is 0 Å². The molecule has 0 saturated heterocycles. The largest absolute Gasteiger partial charge is 0.255 e. The van der Waals surface area contributed by atoms with Crippen molar-refractivity contribution in [3.05, 3.63) is 11.9 Å². The van der Waals surface area contributed by atoms with Crippen molar-refractivity contribution in [2.75, 3.05) is 0 Å². The van der Waals surface area contributed by atoms with E-state index in [-0.39, 0.29) is 5.41 Å². The van der Waals surface area contributed by atoms with Crippen molar-refractivity contribution in [3.8, 4) is 6.07 Å². The first-order valence-electron chi connectivity index (χ1n) is 4.01. The first-order chi connectivity index (χ1) is 5.74. The van der Waals surface area contributed by atoms with Crippen LogP contribution >= 0.6 is 0 Å². The van der Waals surface area contributed by atoms with Crippen LogP contribution in [-0.2, 0) is 13.5 Å². The zero-order valence-corrected chi connectivity index (χ0v) is 6.99. The molecule has 1 aliphatic rings. The third-order valence-corrected chi connectivity index (χ3v) is 2.26. The maximum atomic E-state index is 8.82. The zero-order valence-electron chi connectivity index (χ0n) is 6.99. The fourth-order valence-corrected chi connectivity index (χ4v) is 1.30. The minimum Gasteiger partial charge on any atom is -0.255 e. The van der Waals surface area contributed by atoms with Gasteiger partial charge in [-0.05, 0) is 12.8 Å². The lowest BCUT2D eigenvalue weighted by atomic mass is 10.0. The first-order valence-corrected chi connectivity index (χ1v) is 4.01. The summed E-state index contributed by atoms with van der Waals surface area (Å²) in [5, 5.41) is 16.6. The van der Waals surface area contributed by atoms with E-state index in [4.69, 9.17) is 5.26 Å². The van der Waals surface area contributed by atoms with Gasteiger partial charge < -0.3 is 0 Å². The number of hydrogen-bond acceptors (Lipinski definition) is 3. The van der Waals surface area contributed by atoms with E-state index in [0.29, 0.717) is 0 Å². The van der Waals surface area contributed by atoms with Crippen LogP contribution in [0.25, 0.3) is 0 Å². The Morgan fingerprint density at radius 3 is 2.92 bits per heavy atom. The van der Waals surface area contributed by atoms with E-state index in [1.807, 2.05) is 13.2 Å². The topological polar surface area (TPSA) is 54.5 Å². The fourth-order valence-electron chi connectivity index (χ4n) is 1.30. The SMILES string of the molecule is Cn1cc(CC2(C#N)CC2)nn1. The van der Waals surface area contributed by atoms with Crippen molar-refractivity contribution in [1.29, 1.82) is 5.26 Å². The Morgan fingerprint density at radius 2 is 2.50 bits per heavy atom. The molecule has 0 amide bonds. The van der Waals surface area contributed by atoms with Crippen molar-refractivity contribution in [3.63, 3.8) is 0 Å².